The highest BCUT2D eigenvalue weighted by Crippen LogP contribution is 2.08. The number of rotatable bonds is 2. The second kappa shape index (κ2) is 5.60. The van der Waals surface area contributed by atoms with Crippen molar-refractivity contribution >= 4 is 12.6 Å². The van der Waals surface area contributed by atoms with E-state index in [9.17, 15) is 9.59 Å². The molecule has 0 N–H and O–H groups in total. The van der Waals surface area contributed by atoms with Crippen LogP contribution in [0, 0.1) is 11.8 Å². The van der Waals surface area contributed by atoms with Gasteiger partial charge in [-0.1, -0.05) is 30.0 Å². The van der Waals surface area contributed by atoms with E-state index in [1.807, 2.05) is 30.3 Å². The molecule has 0 aromatic heterocycles. The maximum Gasteiger partial charge on any atom is 0.150 e. The van der Waals surface area contributed by atoms with Crippen molar-refractivity contribution in [2.24, 2.45) is 0 Å². The van der Waals surface area contributed by atoms with Gasteiger partial charge in [0.1, 0.15) is 0 Å². The summed E-state index contributed by atoms with van der Waals surface area (Å²) >= 11 is 0. The Labute approximate surface area is 105 Å². The molecular formula is C16H10O2. The highest BCUT2D eigenvalue weighted by molar-refractivity contribution is 5.90. The summed E-state index contributed by atoms with van der Waals surface area (Å²) in [5.74, 6) is 5.96. The molecular weight excluding hydrogens is 224 g/mol. The van der Waals surface area contributed by atoms with Gasteiger partial charge in [0.05, 0.1) is 0 Å². The van der Waals surface area contributed by atoms with Gasteiger partial charge in [-0.15, -0.1) is 0 Å². The lowest BCUT2D eigenvalue weighted by Gasteiger charge is -1.97. The van der Waals surface area contributed by atoms with Crippen molar-refractivity contribution in [2.45, 2.75) is 0 Å². The monoisotopic (exact) mass is 234 g/mol. The van der Waals surface area contributed by atoms with E-state index in [-0.39, 0.29) is 0 Å². The molecule has 0 fully saturated rings. The van der Waals surface area contributed by atoms with Gasteiger partial charge in [-0.3, -0.25) is 9.59 Å². The second-order valence-electron chi connectivity index (χ2n) is 3.70. The minimum Gasteiger partial charge on any atom is -0.298 e. The minimum atomic E-state index is 0.366. The SMILES string of the molecule is O=Cc1ccc(C#Cc2ccccc2)cc1C=O. The number of hydrogen-bond acceptors (Lipinski definition) is 2. The van der Waals surface area contributed by atoms with Crippen LogP contribution in [0.15, 0.2) is 48.5 Å². The van der Waals surface area contributed by atoms with Crippen LogP contribution in [0.1, 0.15) is 31.8 Å². The molecule has 86 valence electrons. The Morgan fingerprint density at radius 2 is 1.39 bits per heavy atom. The molecule has 0 saturated heterocycles. The Balaban J connectivity index is 2.34. The average Bonchev–Trinajstić information content (AvgIpc) is 2.45. The summed E-state index contributed by atoms with van der Waals surface area (Å²) in [7, 11) is 0. The zero-order chi connectivity index (χ0) is 12.8. The summed E-state index contributed by atoms with van der Waals surface area (Å²) in [5, 5.41) is 0. The maximum atomic E-state index is 10.8. The molecule has 0 bridgehead atoms. The van der Waals surface area contributed by atoms with Crippen molar-refractivity contribution in [1.29, 1.82) is 0 Å². The molecule has 0 aliphatic carbocycles. The van der Waals surface area contributed by atoms with Crippen molar-refractivity contribution in [2.75, 3.05) is 0 Å². The zero-order valence-electron chi connectivity index (χ0n) is 9.59. The van der Waals surface area contributed by atoms with Gasteiger partial charge < -0.3 is 0 Å². The molecule has 0 heterocycles. The summed E-state index contributed by atoms with van der Waals surface area (Å²) in [6, 6.07) is 14.5. The van der Waals surface area contributed by atoms with Crippen LogP contribution in [-0.4, -0.2) is 12.6 Å². The van der Waals surface area contributed by atoms with Gasteiger partial charge in [0, 0.05) is 22.3 Å². The van der Waals surface area contributed by atoms with E-state index < -0.39 is 0 Å². The van der Waals surface area contributed by atoms with Crippen LogP contribution >= 0.6 is 0 Å². The molecule has 2 heteroatoms. The summed E-state index contributed by atoms with van der Waals surface area (Å²) < 4.78 is 0. The molecule has 0 atom stereocenters. The summed E-state index contributed by atoms with van der Waals surface area (Å²) in [6.07, 6.45) is 1.33. The minimum absolute atomic E-state index is 0.366. The van der Waals surface area contributed by atoms with Crippen LogP contribution in [0.2, 0.25) is 0 Å². The van der Waals surface area contributed by atoms with Crippen LogP contribution in [0.4, 0.5) is 0 Å². The smallest absolute Gasteiger partial charge is 0.150 e. The fraction of sp³-hybridized carbons (Fsp3) is 0. The molecule has 0 radical (unpaired) electrons. The third kappa shape index (κ3) is 2.72. The Kier molecular flexibility index (Phi) is 3.68. The van der Waals surface area contributed by atoms with Gasteiger partial charge in [0.15, 0.2) is 12.6 Å². The van der Waals surface area contributed by atoms with Crippen LogP contribution in [-0.2, 0) is 0 Å². The molecule has 2 rings (SSSR count). The number of aldehydes is 2. The lowest BCUT2D eigenvalue weighted by Crippen LogP contribution is -1.91. The number of carbonyl (C=O) groups is 2. The molecule has 2 aromatic carbocycles. The average molecular weight is 234 g/mol. The maximum absolute atomic E-state index is 10.8. The van der Waals surface area contributed by atoms with E-state index in [0.717, 1.165) is 5.56 Å². The first-order valence-corrected chi connectivity index (χ1v) is 5.45. The Bertz CT molecular complexity index is 631. The van der Waals surface area contributed by atoms with Gasteiger partial charge >= 0.3 is 0 Å². The van der Waals surface area contributed by atoms with E-state index in [1.54, 1.807) is 18.2 Å². The molecule has 0 saturated carbocycles. The van der Waals surface area contributed by atoms with Crippen LogP contribution < -0.4 is 0 Å². The van der Waals surface area contributed by atoms with Gasteiger partial charge in [0.25, 0.3) is 0 Å². The lowest BCUT2D eigenvalue weighted by molar-refractivity contribution is 0.109. The molecule has 2 nitrogen and oxygen atoms in total. The predicted octanol–water partition coefficient (Wildman–Crippen LogP) is 2.71. The summed E-state index contributed by atoms with van der Waals surface area (Å²) in [4.78, 5) is 21.5. The molecule has 0 aliphatic rings. The first kappa shape index (κ1) is 11.8. The topological polar surface area (TPSA) is 34.1 Å². The van der Waals surface area contributed by atoms with E-state index in [0.29, 0.717) is 29.3 Å². The first-order valence-electron chi connectivity index (χ1n) is 5.45. The zero-order valence-corrected chi connectivity index (χ0v) is 9.59. The Morgan fingerprint density at radius 3 is 2.06 bits per heavy atom. The lowest BCUT2D eigenvalue weighted by atomic mass is 10.1. The normalized spacial score (nSPS) is 9.11. The van der Waals surface area contributed by atoms with Gasteiger partial charge in [-0.2, -0.15) is 0 Å². The molecule has 0 unspecified atom stereocenters. The third-order valence-electron chi connectivity index (χ3n) is 2.47. The van der Waals surface area contributed by atoms with E-state index in [2.05, 4.69) is 11.8 Å². The number of benzene rings is 2. The molecule has 18 heavy (non-hydrogen) atoms. The predicted molar refractivity (Wildman–Crippen MR) is 69.6 cm³/mol. The summed E-state index contributed by atoms with van der Waals surface area (Å²) in [5.41, 5.74) is 2.37. The van der Waals surface area contributed by atoms with Crippen molar-refractivity contribution in [3.63, 3.8) is 0 Å². The van der Waals surface area contributed by atoms with Crippen molar-refractivity contribution < 1.29 is 9.59 Å². The third-order valence-corrected chi connectivity index (χ3v) is 2.47. The first-order chi connectivity index (χ1) is 8.83. The fourth-order valence-corrected chi connectivity index (χ4v) is 1.53. The largest absolute Gasteiger partial charge is 0.298 e. The van der Waals surface area contributed by atoms with Gasteiger partial charge in [-0.05, 0) is 30.3 Å². The standard InChI is InChI=1S/C16H10O2/c17-11-15-9-8-14(10-16(15)12-18)7-6-13-4-2-1-3-5-13/h1-5,8-12H. The Hall–Kier alpha value is -2.66. The van der Waals surface area contributed by atoms with Crippen LogP contribution in [0.5, 0.6) is 0 Å². The second-order valence-corrected chi connectivity index (χ2v) is 3.70. The number of carbonyl (C=O) groups excluding carboxylic acids is 2. The van der Waals surface area contributed by atoms with Crippen LogP contribution in [0.25, 0.3) is 0 Å². The van der Waals surface area contributed by atoms with Crippen molar-refractivity contribution in [1.82, 2.24) is 0 Å². The van der Waals surface area contributed by atoms with Crippen molar-refractivity contribution in [3.8, 4) is 11.8 Å². The Morgan fingerprint density at radius 1 is 0.722 bits per heavy atom. The van der Waals surface area contributed by atoms with Crippen LogP contribution in [0.3, 0.4) is 0 Å². The quantitative estimate of drug-likeness (QED) is 0.591. The molecule has 0 aliphatic heterocycles. The highest BCUT2D eigenvalue weighted by atomic mass is 16.1. The van der Waals surface area contributed by atoms with E-state index in [4.69, 9.17) is 0 Å². The van der Waals surface area contributed by atoms with E-state index in [1.165, 1.54) is 0 Å². The summed E-state index contributed by atoms with van der Waals surface area (Å²) in [6.45, 7) is 0. The van der Waals surface area contributed by atoms with Crippen molar-refractivity contribution in [3.05, 3.63) is 70.8 Å². The molecule has 2 aromatic rings. The molecule has 0 spiro atoms. The number of hydrogen-bond donors (Lipinski definition) is 0. The van der Waals surface area contributed by atoms with E-state index >= 15 is 0 Å². The highest BCUT2D eigenvalue weighted by Gasteiger charge is 2.00. The van der Waals surface area contributed by atoms with Gasteiger partial charge in [0.2, 0.25) is 0 Å². The van der Waals surface area contributed by atoms with Gasteiger partial charge in [-0.25, -0.2) is 0 Å². The molecule has 0 amide bonds. The fourth-order valence-electron chi connectivity index (χ4n) is 1.53.